The molecule has 0 heterocycles. The standard InChI is InChI=1S/C12H16FN/c1-9(2)10(7-8-14)11-5-3-4-6-12(11)13/h3-6H,7-8,14H2,1-2H3. The van der Waals surface area contributed by atoms with E-state index in [1.54, 1.807) is 12.1 Å². The molecule has 0 atom stereocenters. The molecule has 1 rings (SSSR count). The molecule has 0 bridgehead atoms. The van der Waals surface area contributed by atoms with Gasteiger partial charge >= 0.3 is 0 Å². The van der Waals surface area contributed by atoms with E-state index in [4.69, 9.17) is 5.73 Å². The molecule has 1 nitrogen and oxygen atoms in total. The molecule has 2 heteroatoms. The Morgan fingerprint density at radius 1 is 1.29 bits per heavy atom. The molecule has 76 valence electrons. The largest absolute Gasteiger partial charge is 0.330 e. The van der Waals surface area contributed by atoms with Crippen LogP contribution in [0.4, 0.5) is 4.39 Å². The Kier molecular flexibility index (Phi) is 3.84. The molecule has 0 unspecified atom stereocenters. The molecule has 0 aliphatic heterocycles. The number of hydrogen-bond donors (Lipinski definition) is 1. The van der Waals surface area contributed by atoms with Gasteiger partial charge in [0.15, 0.2) is 0 Å². The van der Waals surface area contributed by atoms with E-state index >= 15 is 0 Å². The highest BCUT2D eigenvalue weighted by atomic mass is 19.1. The fourth-order valence-corrected chi connectivity index (χ4v) is 1.50. The van der Waals surface area contributed by atoms with E-state index in [0.717, 1.165) is 17.6 Å². The molecule has 1 aromatic carbocycles. The Morgan fingerprint density at radius 3 is 2.43 bits per heavy atom. The summed E-state index contributed by atoms with van der Waals surface area (Å²) in [7, 11) is 0. The van der Waals surface area contributed by atoms with Crippen molar-refractivity contribution in [1.82, 2.24) is 0 Å². The van der Waals surface area contributed by atoms with Crippen LogP contribution in [0, 0.1) is 5.82 Å². The number of halogens is 1. The second-order valence-electron chi connectivity index (χ2n) is 3.50. The summed E-state index contributed by atoms with van der Waals surface area (Å²) in [6.45, 7) is 4.52. The van der Waals surface area contributed by atoms with Gasteiger partial charge in [-0.1, -0.05) is 23.8 Å². The molecule has 14 heavy (non-hydrogen) atoms. The van der Waals surface area contributed by atoms with Gasteiger partial charge in [-0.15, -0.1) is 0 Å². The van der Waals surface area contributed by atoms with E-state index in [1.807, 2.05) is 19.9 Å². The lowest BCUT2D eigenvalue weighted by Crippen LogP contribution is -2.02. The highest BCUT2D eigenvalue weighted by Gasteiger charge is 2.07. The molecule has 0 amide bonds. The van der Waals surface area contributed by atoms with Crippen LogP contribution < -0.4 is 5.73 Å². The lowest BCUT2D eigenvalue weighted by atomic mass is 9.98. The Hall–Kier alpha value is -1.15. The predicted octanol–water partition coefficient (Wildman–Crippen LogP) is 2.97. The van der Waals surface area contributed by atoms with Gasteiger partial charge in [-0.2, -0.15) is 0 Å². The van der Waals surface area contributed by atoms with Crippen molar-refractivity contribution in [1.29, 1.82) is 0 Å². The van der Waals surface area contributed by atoms with E-state index in [0.29, 0.717) is 12.1 Å². The van der Waals surface area contributed by atoms with E-state index in [1.165, 1.54) is 6.07 Å². The van der Waals surface area contributed by atoms with Crippen LogP contribution in [0.15, 0.2) is 29.8 Å². The van der Waals surface area contributed by atoms with Crippen molar-refractivity contribution in [2.45, 2.75) is 20.3 Å². The molecule has 0 radical (unpaired) electrons. The van der Waals surface area contributed by atoms with E-state index < -0.39 is 0 Å². The molecule has 0 saturated carbocycles. The lowest BCUT2D eigenvalue weighted by Gasteiger charge is -2.09. The van der Waals surface area contributed by atoms with Gasteiger partial charge in [0.2, 0.25) is 0 Å². The summed E-state index contributed by atoms with van der Waals surface area (Å²) in [4.78, 5) is 0. The van der Waals surface area contributed by atoms with Crippen molar-refractivity contribution in [3.8, 4) is 0 Å². The summed E-state index contributed by atoms with van der Waals surface area (Å²) in [6, 6.07) is 6.82. The van der Waals surface area contributed by atoms with Gasteiger partial charge in [0, 0.05) is 5.56 Å². The monoisotopic (exact) mass is 193 g/mol. The Balaban J connectivity index is 3.13. The Bertz CT molecular complexity index is 338. The van der Waals surface area contributed by atoms with Crippen molar-refractivity contribution in [3.63, 3.8) is 0 Å². The number of rotatable bonds is 3. The zero-order valence-electron chi connectivity index (χ0n) is 8.68. The van der Waals surface area contributed by atoms with Crippen LogP contribution in [0.5, 0.6) is 0 Å². The SMILES string of the molecule is CC(C)=C(CCN)c1ccccc1F. The average Bonchev–Trinajstić information content (AvgIpc) is 2.15. The van der Waals surface area contributed by atoms with Gasteiger partial charge < -0.3 is 5.73 Å². The summed E-state index contributed by atoms with van der Waals surface area (Å²) < 4.78 is 13.4. The topological polar surface area (TPSA) is 26.0 Å². The molecule has 0 spiro atoms. The number of hydrogen-bond acceptors (Lipinski definition) is 1. The number of allylic oxidation sites excluding steroid dienone is 1. The minimum atomic E-state index is -0.169. The van der Waals surface area contributed by atoms with Crippen LogP contribution in [-0.2, 0) is 0 Å². The first kappa shape index (κ1) is 10.9. The molecule has 0 aliphatic rings. The second-order valence-corrected chi connectivity index (χ2v) is 3.50. The Morgan fingerprint density at radius 2 is 1.93 bits per heavy atom. The molecule has 0 aliphatic carbocycles. The third-order valence-corrected chi connectivity index (χ3v) is 2.20. The maximum absolute atomic E-state index is 13.4. The van der Waals surface area contributed by atoms with Crippen LogP contribution in [0.1, 0.15) is 25.8 Å². The van der Waals surface area contributed by atoms with E-state index in [2.05, 4.69) is 0 Å². The van der Waals surface area contributed by atoms with Crippen LogP contribution in [0.2, 0.25) is 0 Å². The molecule has 2 N–H and O–H groups in total. The van der Waals surface area contributed by atoms with E-state index in [-0.39, 0.29) is 5.82 Å². The highest BCUT2D eigenvalue weighted by Crippen LogP contribution is 2.23. The number of nitrogens with two attached hydrogens (primary N) is 1. The van der Waals surface area contributed by atoms with Gasteiger partial charge in [-0.25, -0.2) is 4.39 Å². The lowest BCUT2D eigenvalue weighted by molar-refractivity contribution is 0.623. The number of benzene rings is 1. The zero-order valence-corrected chi connectivity index (χ0v) is 8.68. The first-order valence-corrected chi connectivity index (χ1v) is 4.78. The fraction of sp³-hybridized carbons (Fsp3) is 0.333. The second kappa shape index (κ2) is 4.91. The third kappa shape index (κ3) is 2.42. The van der Waals surface area contributed by atoms with Gasteiger partial charge in [-0.05, 0) is 38.5 Å². The van der Waals surface area contributed by atoms with E-state index in [9.17, 15) is 4.39 Å². The first-order valence-electron chi connectivity index (χ1n) is 4.78. The van der Waals surface area contributed by atoms with Crippen molar-refractivity contribution < 1.29 is 4.39 Å². The van der Waals surface area contributed by atoms with Gasteiger partial charge in [0.05, 0.1) is 0 Å². The zero-order chi connectivity index (χ0) is 10.6. The molecular formula is C12H16FN. The van der Waals surface area contributed by atoms with Crippen molar-refractivity contribution in [3.05, 3.63) is 41.2 Å². The minimum absolute atomic E-state index is 0.169. The molecule has 0 fully saturated rings. The van der Waals surface area contributed by atoms with Gasteiger partial charge in [0.25, 0.3) is 0 Å². The smallest absolute Gasteiger partial charge is 0.130 e. The third-order valence-electron chi connectivity index (χ3n) is 2.20. The van der Waals surface area contributed by atoms with Crippen LogP contribution >= 0.6 is 0 Å². The maximum Gasteiger partial charge on any atom is 0.130 e. The van der Waals surface area contributed by atoms with Crippen molar-refractivity contribution in [2.24, 2.45) is 5.73 Å². The molecular weight excluding hydrogens is 177 g/mol. The normalized spacial score (nSPS) is 10.0. The highest BCUT2D eigenvalue weighted by molar-refractivity contribution is 5.68. The predicted molar refractivity (Wildman–Crippen MR) is 58.3 cm³/mol. The summed E-state index contributed by atoms with van der Waals surface area (Å²) >= 11 is 0. The first-order chi connectivity index (χ1) is 6.66. The fourth-order valence-electron chi connectivity index (χ4n) is 1.50. The molecule has 0 saturated heterocycles. The minimum Gasteiger partial charge on any atom is -0.330 e. The van der Waals surface area contributed by atoms with Gasteiger partial charge in [-0.3, -0.25) is 0 Å². The van der Waals surface area contributed by atoms with Crippen molar-refractivity contribution in [2.75, 3.05) is 6.54 Å². The van der Waals surface area contributed by atoms with Gasteiger partial charge in [0.1, 0.15) is 5.82 Å². The molecule has 1 aromatic rings. The van der Waals surface area contributed by atoms with Crippen LogP contribution in [-0.4, -0.2) is 6.54 Å². The summed E-state index contributed by atoms with van der Waals surface area (Å²) in [5.74, 6) is -0.169. The Labute approximate surface area is 84.4 Å². The maximum atomic E-state index is 13.4. The average molecular weight is 193 g/mol. The van der Waals surface area contributed by atoms with Crippen molar-refractivity contribution >= 4 is 5.57 Å². The van der Waals surface area contributed by atoms with Crippen LogP contribution in [0.25, 0.3) is 5.57 Å². The quantitative estimate of drug-likeness (QED) is 0.784. The summed E-state index contributed by atoms with van der Waals surface area (Å²) in [5.41, 5.74) is 8.32. The summed E-state index contributed by atoms with van der Waals surface area (Å²) in [6.07, 6.45) is 0.725. The van der Waals surface area contributed by atoms with Crippen LogP contribution in [0.3, 0.4) is 0 Å². The molecule has 0 aromatic heterocycles. The summed E-state index contributed by atoms with van der Waals surface area (Å²) in [5, 5.41) is 0.